The first kappa shape index (κ1) is 18.3. The van der Waals surface area contributed by atoms with E-state index < -0.39 is 5.97 Å². The van der Waals surface area contributed by atoms with Crippen LogP contribution in [-0.4, -0.2) is 22.1 Å². The predicted molar refractivity (Wildman–Crippen MR) is 111 cm³/mol. The lowest BCUT2D eigenvalue weighted by molar-refractivity contribution is -0.131. The van der Waals surface area contributed by atoms with Crippen molar-refractivity contribution in [2.24, 2.45) is 0 Å². The van der Waals surface area contributed by atoms with Crippen LogP contribution >= 0.6 is 12.2 Å². The molecule has 0 spiro atoms. The summed E-state index contributed by atoms with van der Waals surface area (Å²) in [5, 5.41) is 16.3. The topological polar surface area (TPSA) is 78.4 Å². The maximum atomic E-state index is 12.6. The van der Waals surface area contributed by atoms with Gasteiger partial charge in [-0.3, -0.25) is 10.1 Å². The van der Waals surface area contributed by atoms with Gasteiger partial charge < -0.3 is 10.4 Å². The first-order chi connectivity index (χ1) is 13.0. The van der Waals surface area contributed by atoms with Crippen LogP contribution in [0.25, 0.3) is 16.8 Å². The summed E-state index contributed by atoms with van der Waals surface area (Å²) in [7, 11) is 0. The Morgan fingerprint density at radius 2 is 1.70 bits per heavy atom. The molecule has 0 saturated carbocycles. The molecule has 0 radical (unpaired) electrons. The molecule has 6 heteroatoms. The number of amides is 1. The van der Waals surface area contributed by atoms with Crippen LogP contribution in [0, 0.1) is 0 Å². The molecule has 134 valence electrons. The minimum atomic E-state index is -1.02. The van der Waals surface area contributed by atoms with Crippen LogP contribution in [0.1, 0.15) is 15.9 Å². The van der Waals surface area contributed by atoms with E-state index in [1.165, 1.54) is 6.08 Å². The van der Waals surface area contributed by atoms with Crippen LogP contribution in [-0.2, 0) is 4.79 Å². The van der Waals surface area contributed by atoms with Crippen molar-refractivity contribution in [1.82, 2.24) is 5.32 Å². The van der Waals surface area contributed by atoms with Gasteiger partial charge in [-0.1, -0.05) is 48.5 Å². The summed E-state index contributed by atoms with van der Waals surface area (Å²) in [6.07, 6.45) is 2.53. The molecule has 0 aliphatic rings. The highest BCUT2D eigenvalue weighted by Crippen LogP contribution is 2.18. The monoisotopic (exact) mass is 376 g/mol. The van der Waals surface area contributed by atoms with Crippen molar-refractivity contribution in [2.45, 2.75) is 0 Å². The number of carboxylic acid groups (broad SMARTS) is 1. The highest BCUT2D eigenvalue weighted by atomic mass is 32.1. The first-order valence-corrected chi connectivity index (χ1v) is 8.55. The maximum Gasteiger partial charge on any atom is 0.328 e. The minimum Gasteiger partial charge on any atom is -0.478 e. The van der Waals surface area contributed by atoms with Gasteiger partial charge in [-0.05, 0) is 52.8 Å². The van der Waals surface area contributed by atoms with Gasteiger partial charge in [-0.2, -0.15) is 0 Å². The molecule has 3 aromatic rings. The van der Waals surface area contributed by atoms with Gasteiger partial charge in [0.2, 0.25) is 0 Å². The molecule has 0 aliphatic carbocycles. The lowest BCUT2D eigenvalue weighted by atomic mass is 10.0. The molecule has 1 amide bonds. The molecule has 0 unspecified atom stereocenters. The Hall–Kier alpha value is -3.51. The molecule has 5 nitrogen and oxygen atoms in total. The fourth-order valence-corrected chi connectivity index (χ4v) is 2.85. The molecule has 0 atom stereocenters. The molecule has 0 fully saturated rings. The van der Waals surface area contributed by atoms with Gasteiger partial charge in [-0.25, -0.2) is 4.79 Å². The fourth-order valence-electron chi connectivity index (χ4n) is 2.64. The number of nitrogens with one attached hydrogen (secondary N) is 2. The summed E-state index contributed by atoms with van der Waals surface area (Å²) >= 11 is 5.23. The number of benzene rings is 3. The summed E-state index contributed by atoms with van der Waals surface area (Å²) < 4.78 is 0. The van der Waals surface area contributed by atoms with Gasteiger partial charge >= 0.3 is 5.97 Å². The molecule has 0 heterocycles. The van der Waals surface area contributed by atoms with Gasteiger partial charge in [-0.15, -0.1) is 0 Å². The summed E-state index contributed by atoms with van der Waals surface area (Å²) in [4.78, 5) is 23.2. The second-order valence-corrected chi connectivity index (χ2v) is 6.14. The van der Waals surface area contributed by atoms with E-state index in [4.69, 9.17) is 17.3 Å². The van der Waals surface area contributed by atoms with Crippen LogP contribution in [0.2, 0.25) is 0 Å². The van der Waals surface area contributed by atoms with Crippen LogP contribution in [0.3, 0.4) is 0 Å². The van der Waals surface area contributed by atoms with Gasteiger partial charge in [0, 0.05) is 17.3 Å². The quantitative estimate of drug-likeness (QED) is 0.473. The molecular weight excluding hydrogens is 360 g/mol. The Morgan fingerprint density at radius 1 is 0.963 bits per heavy atom. The lowest BCUT2D eigenvalue weighted by Gasteiger charge is -2.11. The zero-order chi connectivity index (χ0) is 19.2. The van der Waals surface area contributed by atoms with Crippen LogP contribution in [0.5, 0.6) is 0 Å². The van der Waals surface area contributed by atoms with E-state index in [1.807, 2.05) is 36.4 Å². The Balaban J connectivity index is 1.71. The van der Waals surface area contributed by atoms with E-state index in [-0.39, 0.29) is 11.0 Å². The van der Waals surface area contributed by atoms with Crippen molar-refractivity contribution in [1.29, 1.82) is 0 Å². The average Bonchev–Trinajstić information content (AvgIpc) is 2.66. The van der Waals surface area contributed by atoms with E-state index in [9.17, 15) is 9.59 Å². The van der Waals surface area contributed by atoms with Crippen molar-refractivity contribution in [3.63, 3.8) is 0 Å². The lowest BCUT2D eigenvalue weighted by Crippen LogP contribution is -2.34. The summed E-state index contributed by atoms with van der Waals surface area (Å²) in [5.41, 5.74) is 1.88. The zero-order valence-corrected chi connectivity index (χ0v) is 15.0. The van der Waals surface area contributed by atoms with Gasteiger partial charge in [0.25, 0.3) is 5.91 Å². The van der Waals surface area contributed by atoms with Crippen LogP contribution in [0.4, 0.5) is 5.69 Å². The highest BCUT2D eigenvalue weighted by molar-refractivity contribution is 7.80. The van der Waals surface area contributed by atoms with E-state index in [0.29, 0.717) is 16.8 Å². The third-order valence-corrected chi connectivity index (χ3v) is 4.03. The number of rotatable bonds is 4. The van der Waals surface area contributed by atoms with E-state index in [2.05, 4.69) is 10.6 Å². The van der Waals surface area contributed by atoms with E-state index in [0.717, 1.165) is 16.8 Å². The smallest absolute Gasteiger partial charge is 0.328 e. The molecule has 27 heavy (non-hydrogen) atoms. The van der Waals surface area contributed by atoms with Crippen molar-refractivity contribution in [3.8, 4) is 0 Å². The Labute approximate surface area is 161 Å². The molecule has 3 N–H and O–H groups in total. The van der Waals surface area contributed by atoms with Gasteiger partial charge in [0.15, 0.2) is 5.11 Å². The standard InChI is InChI=1S/C21H16N2O3S/c24-19(25)12-11-14-5-3-8-16(13-14)22-21(27)23-20(26)18-10-4-7-15-6-1-2-9-17(15)18/h1-13H,(H,24,25)(H2,22,23,26,27)/b12-11+. The number of thiocarbonyl (C=S) groups is 1. The zero-order valence-electron chi connectivity index (χ0n) is 14.2. The third kappa shape index (κ3) is 4.77. The number of carbonyl (C=O) groups is 2. The molecule has 0 aliphatic heterocycles. The third-order valence-electron chi connectivity index (χ3n) is 3.82. The number of anilines is 1. The average molecular weight is 376 g/mol. The predicted octanol–water partition coefficient (Wildman–Crippen LogP) is 4.06. The number of carbonyl (C=O) groups excluding carboxylic acids is 1. The van der Waals surface area contributed by atoms with Crippen LogP contribution in [0.15, 0.2) is 72.8 Å². The highest BCUT2D eigenvalue weighted by Gasteiger charge is 2.11. The SMILES string of the molecule is O=C(O)/C=C/c1cccc(NC(=S)NC(=O)c2cccc3ccccc23)c1. The number of fused-ring (bicyclic) bond motifs is 1. The number of hydrogen-bond donors (Lipinski definition) is 3. The van der Waals surface area contributed by atoms with E-state index >= 15 is 0 Å². The Bertz CT molecular complexity index is 1050. The molecule has 0 saturated heterocycles. The summed E-state index contributed by atoms with van der Waals surface area (Å²) in [5.74, 6) is -1.32. The molecule has 3 aromatic carbocycles. The Morgan fingerprint density at radius 3 is 2.52 bits per heavy atom. The first-order valence-electron chi connectivity index (χ1n) is 8.14. The van der Waals surface area contributed by atoms with Gasteiger partial charge in [0.1, 0.15) is 0 Å². The molecular formula is C21H16N2O3S. The van der Waals surface area contributed by atoms with E-state index in [1.54, 1.807) is 30.3 Å². The maximum absolute atomic E-state index is 12.6. The van der Waals surface area contributed by atoms with Crippen molar-refractivity contribution < 1.29 is 14.7 Å². The number of aliphatic carboxylic acids is 1. The summed E-state index contributed by atoms with van der Waals surface area (Å²) in [6, 6.07) is 20.2. The number of hydrogen-bond acceptors (Lipinski definition) is 3. The molecule has 0 aromatic heterocycles. The Kier molecular flexibility index (Phi) is 5.58. The second-order valence-electron chi connectivity index (χ2n) is 5.73. The van der Waals surface area contributed by atoms with Crippen molar-refractivity contribution in [2.75, 3.05) is 5.32 Å². The second kappa shape index (κ2) is 8.25. The fraction of sp³-hybridized carbons (Fsp3) is 0. The number of carboxylic acids is 1. The summed E-state index contributed by atoms with van der Waals surface area (Å²) in [6.45, 7) is 0. The van der Waals surface area contributed by atoms with Crippen molar-refractivity contribution in [3.05, 3.63) is 83.9 Å². The normalized spacial score (nSPS) is 10.7. The molecule has 0 bridgehead atoms. The van der Waals surface area contributed by atoms with Crippen molar-refractivity contribution >= 4 is 51.7 Å². The molecule has 3 rings (SSSR count). The largest absolute Gasteiger partial charge is 0.478 e. The van der Waals surface area contributed by atoms with Crippen LogP contribution < -0.4 is 10.6 Å². The van der Waals surface area contributed by atoms with Gasteiger partial charge in [0.05, 0.1) is 0 Å². The minimum absolute atomic E-state index is 0.160.